The summed E-state index contributed by atoms with van der Waals surface area (Å²) in [5.41, 5.74) is 3.69. The second kappa shape index (κ2) is 8.25. The third-order valence-electron chi connectivity index (χ3n) is 5.49. The van der Waals surface area contributed by atoms with Crippen LogP contribution in [0, 0.1) is 6.92 Å². The van der Waals surface area contributed by atoms with Crippen LogP contribution in [0.4, 0.5) is 17.3 Å². The normalized spacial score (nSPS) is 11.1. The van der Waals surface area contributed by atoms with Crippen molar-refractivity contribution in [1.29, 1.82) is 0 Å². The average Bonchev–Trinajstić information content (AvgIpc) is 3.53. The van der Waals surface area contributed by atoms with Crippen LogP contribution in [0.2, 0.25) is 0 Å². The van der Waals surface area contributed by atoms with Crippen molar-refractivity contribution in [3.8, 4) is 11.9 Å². The van der Waals surface area contributed by atoms with Gasteiger partial charge in [0.25, 0.3) is 0 Å². The quantitative estimate of drug-likeness (QED) is 0.365. The Hall–Kier alpha value is -4.85. The van der Waals surface area contributed by atoms with Crippen LogP contribution in [0.25, 0.3) is 22.9 Å². The van der Waals surface area contributed by atoms with Gasteiger partial charge in [-0.15, -0.1) is 0 Å². The predicted molar refractivity (Wildman–Crippen MR) is 131 cm³/mol. The minimum atomic E-state index is 0.464. The van der Waals surface area contributed by atoms with Crippen LogP contribution in [-0.4, -0.2) is 34.1 Å². The predicted octanol–water partition coefficient (Wildman–Crippen LogP) is 5.17. The Morgan fingerprint density at radius 2 is 1.32 bits per heavy atom. The van der Waals surface area contributed by atoms with Crippen molar-refractivity contribution < 1.29 is 0 Å². The Balaban J connectivity index is 1.63. The van der Waals surface area contributed by atoms with Gasteiger partial charge in [-0.05, 0) is 43.3 Å². The maximum Gasteiger partial charge on any atom is 0.242 e. The maximum absolute atomic E-state index is 4.94. The first-order valence-corrected chi connectivity index (χ1v) is 10.9. The standard InChI is InChI=1S/C26H20N8/c1-19-28-22-14-8-9-15-23(22)33(19)25-29-24(32-17-16-27-18-32)30-26(31-25)34(20-10-4-2-5-11-20)21-12-6-3-7-13-21/h2-18H,1H3. The van der Waals surface area contributed by atoms with Gasteiger partial charge >= 0.3 is 0 Å². The SMILES string of the molecule is Cc1nc2ccccc2n1-c1nc(N(c2ccccc2)c2ccccc2)nc(-n2ccnc2)n1. The molecule has 0 aliphatic rings. The maximum atomic E-state index is 4.94. The number of para-hydroxylation sites is 4. The van der Waals surface area contributed by atoms with Crippen LogP contribution >= 0.6 is 0 Å². The molecule has 3 aromatic carbocycles. The summed E-state index contributed by atoms with van der Waals surface area (Å²) >= 11 is 0. The van der Waals surface area contributed by atoms with Gasteiger partial charge < -0.3 is 0 Å². The van der Waals surface area contributed by atoms with Crippen molar-refractivity contribution in [3.63, 3.8) is 0 Å². The summed E-state index contributed by atoms with van der Waals surface area (Å²) in [6.45, 7) is 1.95. The highest BCUT2D eigenvalue weighted by molar-refractivity contribution is 5.78. The topological polar surface area (TPSA) is 77.5 Å². The van der Waals surface area contributed by atoms with Crippen molar-refractivity contribution in [1.82, 2.24) is 34.1 Å². The molecule has 0 saturated heterocycles. The van der Waals surface area contributed by atoms with E-state index >= 15 is 0 Å². The fourth-order valence-corrected chi connectivity index (χ4v) is 3.97. The first kappa shape index (κ1) is 19.8. The molecule has 0 bridgehead atoms. The van der Waals surface area contributed by atoms with E-state index in [0.717, 1.165) is 28.2 Å². The van der Waals surface area contributed by atoms with Crippen LogP contribution in [-0.2, 0) is 0 Å². The Kier molecular flexibility index (Phi) is 4.81. The number of nitrogens with zero attached hydrogens (tertiary/aromatic N) is 8. The van der Waals surface area contributed by atoms with E-state index in [1.54, 1.807) is 17.1 Å². The molecule has 0 radical (unpaired) electrons. The molecule has 0 atom stereocenters. The van der Waals surface area contributed by atoms with E-state index in [-0.39, 0.29) is 0 Å². The van der Waals surface area contributed by atoms with Crippen LogP contribution in [0.3, 0.4) is 0 Å². The third kappa shape index (κ3) is 3.47. The summed E-state index contributed by atoms with van der Waals surface area (Å²) in [4.78, 5) is 25.5. The summed E-state index contributed by atoms with van der Waals surface area (Å²) in [6, 6.07) is 28.1. The number of aryl methyl sites for hydroxylation is 1. The molecule has 0 N–H and O–H groups in total. The van der Waals surface area contributed by atoms with Crippen LogP contribution in [0.1, 0.15) is 5.82 Å². The van der Waals surface area contributed by atoms with Gasteiger partial charge in [0.05, 0.1) is 11.0 Å². The monoisotopic (exact) mass is 444 g/mol. The van der Waals surface area contributed by atoms with Gasteiger partial charge in [-0.3, -0.25) is 14.0 Å². The summed E-state index contributed by atoms with van der Waals surface area (Å²) in [6.07, 6.45) is 5.20. The lowest BCUT2D eigenvalue weighted by Gasteiger charge is -2.23. The van der Waals surface area contributed by atoms with E-state index in [1.807, 2.05) is 108 Å². The fraction of sp³-hybridized carbons (Fsp3) is 0.0385. The number of anilines is 3. The molecule has 6 aromatic rings. The molecule has 0 saturated carbocycles. The van der Waals surface area contributed by atoms with E-state index in [0.29, 0.717) is 17.8 Å². The minimum absolute atomic E-state index is 0.464. The van der Waals surface area contributed by atoms with Crippen molar-refractivity contribution >= 4 is 28.4 Å². The van der Waals surface area contributed by atoms with Crippen LogP contribution < -0.4 is 4.90 Å². The molecule has 3 heterocycles. The molecule has 0 aliphatic heterocycles. The second-order valence-corrected chi connectivity index (χ2v) is 7.70. The molecule has 0 amide bonds. The summed E-state index contributed by atoms with van der Waals surface area (Å²) < 4.78 is 3.73. The molecule has 0 aliphatic carbocycles. The minimum Gasteiger partial charge on any atom is -0.279 e. The molecular weight excluding hydrogens is 424 g/mol. The Morgan fingerprint density at radius 1 is 0.676 bits per heavy atom. The van der Waals surface area contributed by atoms with E-state index in [2.05, 4.69) is 4.98 Å². The summed E-state index contributed by atoms with van der Waals surface area (Å²) in [5.74, 6) is 2.23. The number of imidazole rings is 2. The van der Waals surface area contributed by atoms with Gasteiger partial charge in [0, 0.05) is 23.8 Å². The molecule has 8 heteroatoms. The number of hydrogen-bond donors (Lipinski definition) is 0. The van der Waals surface area contributed by atoms with Crippen molar-refractivity contribution in [2.75, 3.05) is 4.90 Å². The molecule has 3 aromatic heterocycles. The Labute approximate surface area is 195 Å². The smallest absolute Gasteiger partial charge is 0.242 e. The molecule has 0 unspecified atom stereocenters. The molecule has 8 nitrogen and oxygen atoms in total. The molecule has 6 rings (SSSR count). The highest BCUT2D eigenvalue weighted by Gasteiger charge is 2.20. The Morgan fingerprint density at radius 3 is 2.00 bits per heavy atom. The van der Waals surface area contributed by atoms with Crippen molar-refractivity contribution in [3.05, 3.63) is 109 Å². The van der Waals surface area contributed by atoms with Crippen LogP contribution in [0.5, 0.6) is 0 Å². The molecule has 0 spiro atoms. The van der Waals surface area contributed by atoms with Gasteiger partial charge in [0.2, 0.25) is 17.8 Å². The lowest BCUT2D eigenvalue weighted by molar-refractivity contribution is 0.827. The third-order valence-corrected chi connectivity index (χ3v) is 5.49. The Bertz CT molecular complexity index is 1520. The van der Waals surface area contributed by atoms with E-state index < -0.39 is 0 Å². The number of rotatable bonds is 5. The van der Waals surface area contributed by atoms with E-state index in [1.165, 1.54) is 0 Å². The zero-order valence-corrected chi connectivity index (χ0v) is 18.4. The number of hydrogen-bond acceptors (Lipinski definition) is 6. The highest BCUT2D eigenvalue weighted by Crippen LogP contribution is 2.32. The zero-order chi connectivity index (χ0) is 22.9. The van der Waals surface area contributed by atoms with Gasteiger partial charge in [0.1, 0.15) is 12.2 Å². The molecular formula is C26H20N8. The molecule has 0 fully saturated rings. The van der Waals surface area contributed by atoms with Gasteiger partial charge in [-0.1, -0.05) is 48.5 Å². The lowest BCUT2D eigenvalue weighted by Crippen LogP contribution is -2.18. The van der Waals surface area contributed by atoms with Gasteiger partial charge in [-0.25, -0.2) is 9.97 Å². The first-order chi connectivity index (χ1) is 16.8. The molecule has 34 heavy (non-hydrogen) atoms. The second-order valence-electron chi connectivity index (χ2n) is 7.70. The summed E-state index contributed by atoms with van der Waals surface area (Å²) in [7, 11) is 0. The number of benzene rings is 3. The van der Waals surface area contributed by atoms with E-state index in [9.17, 15) is 0 Å². The first-order valence-electron chi connectivity index (χ1n) is 10.9. The number of fused-ring (bicyclic) bond motifs is 1. The van der Waals surface area contributed by atoms with E-state index in [4.69, 9.17) is 19.9 Å². The van der Waals surface area contributed by atoms with Gasteiger partial charge in [0.15, 0.2) is 0 Å². The largest absolute Gasteiger partial charge is 0.279 e. The van der Waals surface area contributed by atoms with Crippen molar-refractivity contribution in [2.24, 2.45) is 0 Å². The van der Waals surface area contributed by atoms with Crippen LogP contribution in [0.15, 0.2) is 104 Å². The summed E-state index contributed by atoms with van der Waals surface area (Å²) in [5, 5.41) is 0. The molecule has 164 valence electrons. The highest BCUT2D eigenvalue weighted by atomic mass is 15.4. The fourth-order valence-electron chi connectivity index (χ4n) is 3.97. The van der Waals surface area contributed by atoms with Crippen molar-refractivity contribution in [2.45, 2.75) is 6.92 Å². The average molecular weight is 445 g/mol. The lowest BCUT2D eigenvalue weighted by atomic mass is 10.2. The number of aromatic nitrogens is 7. The zero-order valence-electron chi connectivity index (χ0n) is 18.4. The van der Waals surface area contributed by atoms with Gasteiger partial charge in [-0.2, -0.15) is 15.0 Å².